The van der Waals surface area contributed by atoms with Gasteiger partial charge in [0.05, 0.1) is 0 Å². The third kappa shape index (κ3) is 4.59. The van der Waals surface area contributed by atoms with Crippen molar-refractivity contribution < 1.29 is 14.3 Å². The minimum atomic E-state index is -0.579. The fourth-order valence-corrected chi connectivity index (χ4v) is 4.41. The van der Waals surface area contributed by atoms with E-state index in [1.807, 2.05) is 66.9 Å². The Morgan fingerprint density at radius 2 is 1.88 bits per heavy atom. The summed E-state index contributed by atoms with van der Waals surface area (Å²) in [6, 6.07) is 22.5. The van der Waals surface area contributed by atoms with Crippen molar-refractivity contribution in [1.82, 2.24) is 9.88 Å². The number of H-pyrrole nitrogens is 1. The first-order valence-corrected chi connectivity index (χ1v) is 11.3. The average Bonchev–Trinajstić information content (AvgIpc) is 3.52. The van der Waals surface area contributed by atoms with Gasteiger partial charge < -0.3 is 20.8 Å². The van der Waals surface area contributed by atoms with Crippen LogP contribution in [-0.2, 0) is 16.1 Å². The predicted molar refractivity (Wildman–Crippen MR) is 133 cm³/mol. The number of anilines is 2. The summed E-state index contributed by atoms with van der Waals surface area (Å²) in [5, 5.41) is 4.05. The molecule has 1 fully saturated rings. The van der Waals surface area contributed by atoms with E-state index >= 15 is 0 Å². The van der Waals surface area contributed by atoms with Crippen molar-refractivity contribution in [2.24, 2.45) is 0 Å². The molecule has 172 valence electrons. The van der Waals surface area contributed by atoms with E-state index in [2.05, 4.69) is 16.4 Å². The maximum atomic E-state index is 13.1. The summed E-state index contributed by atoms with van der Waals surface area (Å²) in [6.45, 7) is 0.666. The Morgan fingerprint density at radius 1 is 1.03 bits per heavy atom. The van der Waals surface area contributed by atoms with Crippen molar-refractivity contribution in [3.05, 3.63) is 84.6 Å². The number of benzene rings is 3. The smallest absolute Gasteiger partial charge is 0.410 e. The van der Waals surface area contributed by atoms with Gasteiger partial charge in [-0.1, -0.05) is 36.4 Å². The molecule has 0 aliphatic carbocycles. The largest absolute Gasteiger partial charge is 0.445 e. The van der Waals surface area contributed by atoms with Crippen LogP contribution in [-0.4, -0.2) is 34.5 Å². The molecule has 0 saturated carbocycles. The molecule has 4 N–H and O–H groups in total. The van der Waals surface area contributed by atoms with Crippen LogP contribution in [0.4, 0.5) is 16.2 Å². The van der Waals surface area contributed by atoms with Crippen LogP contribution < -0.4 is 11.1 Å². The number of nitrogens with two attached hydrogens (primary N) is 1. The van der Waals surface area contributed by atoms with Crippen LogP contribution in [0.5, 0.6) is 0 Å². The Morgan fingerprint density at radius 3 is 2.74 bits per heavy atom. The van der Waals surface area contributed by atoms with Crippen LogP contribution in [0.15, 0.2) is 79.0 Å². The molecular weight excluding hydrogens is 428 g/mol. The number of nitrogen functional groups attached to an aromatic ring is 1. The van der Waals surface area contributed by atoms with Crippen molar-refractivity contribution in [3.8, 4) is 11.1 Å². The van der Waals surface area contributed by atoms with E-state index < -0.39 is 12.1 Å². The number of aromatic nitrogens is 1. The Hall–Kier alpha value is -4.26. The van der Waals surface area contributed by atoms with Crippen LogP contribution in [0.25, 0.3) is 22.0 Å². The number of rotatable bonds is 5. The maximum absolute atomic E-state index is 13.1. The first kappa shape index (κ1) is 21.6. The summed E-state index contributed by atoms with van der Waals surface area (Å²) in [5.41, 5.74) is 11.2. The van der Waals surface area contributed by atoms with Gasteiger partial charge in [-0.2, -0.15) is 0 Å². The molecule has 1 aliphatic rings. The Kier molecular flexibility index (Phi) is 5.91. The highest BCUT2D eigenvalue weighted by Crippen LogP contribution is 2.29. The number of aromatic amines is 1. The van der Waals surface area contributed by atoms with Crippen LogP contribution >= 0.6 is 0 Å². The van der Waals surface area contributed by atoms with Gasteiger partial charge in [0.2, 0.25) is 5.91 Å². The van der Waals surface area contributed by atoms with Gasteiger partial charge >= 0.3 is 6.09 Å². The van der Waals surface area contributed by atoms with Crippen LogP contribution in [0.3, 0.4) is 0 Å². The summed E-state index contributed by atoms with van der Waals surface area (Å²) < 4.78 is 5.45. The molecule has 2 heterocycles. The Labute approximate surface area is 197 Å². The van der Waals surface area contributed by atoms with E-state index in [9.17, 15) is 9.59 Å². The molecule has 1 atom stereocenters. The second-order valence-electron chi connectivity index (χ2n) is 8.50. The molecule has 1 aliphatic heterocycles. The zero-order chi connectivity index (χ0) is 23.5. The number of amides is 2. The highest BCUT2D eigenvalue weighted by molar-refractivity contribution is 5.98. The van der Waals surface area contributed by atoms with Crippen molar-refractivity contribution in [3.63, 3.8) is 0 Å². The van der Waals surface area contributed by atoms with Crippen molar-refractivity contribution in [2.45, 2.75) is 25.5 Å². The minimum absolute atomic E-state index is 0.175. The van der Waals surface area contributed by atoms with Gasteiger partial charge in [0, 0.05) is 29.6 Å². The van der Waals surface area contributed by atoms with Gasteiger partial charge in [-0.15, -0.1) is 0 Å². The Balaban J connectivity index is 1.29. The highest BCUT2D eigenvalue weighted by atomic mass is 16.6. The molecule has 1 aromatic heterocycles. The van der Waals surface area contributed by atoms with E-state index in [1.165, 1.54) is 4.90 Å². The molecule has 4 aromatic rings. The van der Waals surface area contributed by atoms with E-state index in [0.717, 1.165) is 34.0 Å². The fourth-order valence-electron chi connectivity index (χ4n) is 4.41. The van der Waals surface area contributed by atoms with Gasteiger partial charge in [-0.3, -0.25) is 9.69 Å². The maximum Gasteiger partial charge on any atom is 0.410 e. The van der Waals surface area contributed by atoms with E-state index in [-0.39, 0.29) is 12.5 Å². The van der Waals surface area contributed by atoms with Gasteiger partial charge in [-0.25, -0.2) is 4.79 Å². The number of fused-ring (bicyclic) bond motifs is 1. The number of carbonyl (C=O) groups is 2. The lowest BCUT2D eigenvalue weighted by Crippen LogP contribution is -2.43. The molecule has 5 rings (SSSR count). The second-order valence-corrected chi connectivity index (χ2v) is 8.50. The zero-order valence-electron chi connectivity index (χ0n) is 18.7. The van der Waals surface area contributed by atoms with Crippen molar-refractivity contribution in [2.75, 3.05) is 17.6 Å². The number of nitrogens with one attached hydrogen (secondary N) is 2. The first-order chi connectivity index (χ1) is 16.6. The normalized spacial score (nSPS) is 15.4. The molecular formula is C27H26N4O3. The number of nitrogens with zero attached hydrogens (tertiary/aromatic N) is 1. The van der Waals surface area contributed by atoms with Gasteiger partial charge in [0.1, 0.15) is 12.6 Å². The lowest BCUT2D eigenvalue weighted by Gasteiger charge is -2.23. The summed E-state index contributed by atoms with van der Waals surface area (Å²) in [6.07, 6.45) is 2.76. The van der Waals surface area contributed by atoms with Gasteiger partial charge in [-0.05, 0) is 71.3 Å². The van der Waals surface area contributed by atoms with Crippen LogP contribution in [0.2, 0.25) is 0 Å². The summed E-state index contributed by atoms with van der Waals surface area (Å²) in [5.74, 6) is -0.244. The monoisotopic (exact) mass is 454 g/mol. The third-order valence-electron chi connectivity index (χ3n) is 6.10. The highest BCUT2D eigenvalue weighted by Gasteiger charge is 2.35. The summed E-state index contributed by atoms with van der Waals surface area (Å²) >= 11 is 0. The number of ether oxygens (including phenoxy) is 1. The van der Waals surface area contributed by atoms with Crippen molar-refractivity contribution >= 4 is 34.3 Å². The van der Waals surface area contributed by atoms with Crippen LogP contribution in [0, 0.1) is 0 Å². The predicted octanol–water partition coefficient (Wildman–Crippen LogP) is 5.16. The summed E-state index contributed by atoms with van der Waals surface area (Å²) in [4.78, 5) is 30.5. The molecule has 3 aromatic carbocycles. The lowest BCUT2D eigenvalue weighted by molar-refractivity contribution is -0.120. The number of hydrogen-bond acceptors (Lipinski definition) is 4. The van der Waals surface area contributed by atoms with Crippen LogP contribution in [0.1, 0.15) is 18.4 Å². The molecule has 0 bridgehead atoms. The number of carbonyl (C=O) groups excluding carboxylic acids is 2. The second kappa shape index (κ2) is 9.31. The first-order valence-electron chi connectivity index (χ1n) is 11.3. The molecule has 1 saturated heterocycles. The molecule has 7 heteroatoms. The SMILES string of the molecule is Nc1cc(NC(=O)[C@@H]2CCCN2C(=O)OCc2ccccc2)cc(-c2ccc3[nH]ccc3c2)c1. The van der Waals surface area contributed by atoms with Gasteiger partial charge in [0.25, 0.3) is 0 Å². The fraction of sp³-hybridized carbons (Fsp3) is 0.185. The third-order valence-corrected chi connectivity index (χ3v) is 6.10. The summed E-state index contributed by atoms with van der Waals surface area (Å²) in [7, 11) is 0. The molecule has 0 radical (unpaired) electrons. The average molecular weight is 455 g/mol. The van der Waals surface area contributed by atoms with E-state index in [0.29, 0.717) is 24.3 Å². The quantitative estimate of drug-likeness (QED) is 0.363. The Bertz CT molecular complexity index is 1330. The number of likely N-dealkylation sites (tertiary alicyclic amines) is 1. The lowest BCUT2D eigenvalue weighted by atomic mass is 10.0. The molecule has 34 heavy (non-hydrogen) atoms. The topological polar surface area (TPSA) is 100 Å². The minimum Gasteiger partial charge on any atom is -0.445 e. The number of hydrogen-bond donors (Lipinski definition) is 3. The molecule has 2 amide bonds. The zero-order valence-corrected chi connectivity index (χ0v) is 18.7. The van der Waals surface area contributed by atoms with Gasteiger partial charge in [0.15, 0.2) is 0 Å². The standard InChI is InChI=1S/C27H26N4O3/c28-22-14-21(19-8-9-24-20(13-19)10-11-29-24)15-23(16-22)30-26(32)25-7-4-12-31(25)27(33)34-17-18-5-2-1-3-6-18/h1-3,5-6,8-11,13-16,25,29H,4,7,12,17,28H2,(H,30,32)/t25-/m0/s1. The van der Waals surface area contributed by atoms with E-state index in [4.69, 9.17) is 10.5 Å². The molecule has 0 spiro atoms. The molecule has 0 unspecified atom stereocenters. The van der Waals surface area contributed by atoms with E-state index in [1.54, 1.807) is 6.07 Å². The molecule has 7 nitrogen and oxygen atoms in total. The van der Waals surface area contributed by atoms with Crippen molar-refractivity contribution in [1.29, 1.82) is 0 Å².